The van der Waals surface area contributed by atoms with Gasteiger partial charge in [-0.3, -0.25) is 0 Å². The van der Waals surface area contributed by atoms with Gasteiger partial charge in [-0.25, -0.2) is 9.69 Å². The molecule has 0 spiro atoms. The van der Waals surface area contributed by atoms with Crippen LogP contribution >= 0.6 is 0 Å². The molecule has 500 valence electrons. The Balaban J connectivity index is 0.000000165. The number of benzene rings is 12. The maximum atomic E-state index is 15.5. The normalized spacial score (nSPS) is 12.1. The van der Waals surface area contributed by atoms with Crippen molar-refractivity contribution in [2.24, 2.45) is 0 Å². The van der Waals surface area contributed by atoms with Crippen LogP contribution in [0.4, 0.5) is 50.9 Å². The first-order chi connectivity index (χ1) is 48.6. The number of hydrogen-bond acceptors (Lipinski definition) is 1. The number of fused-ring (bicyclic) bond motifs is 12. The van der Waals surface area contributed by atoms with E-state index in [0.29, 0.717) is 33.4 Å². The van der Waals surface area contributed by atoms with Crippen LogP contribution < -0.4 is 0 Å². The molecule has 0 aliphatic heterocycles. The zero-order valence-corrected chi connectivity index (χ0v) is 56.2. The van der Waals surface area contributed by atoms with Crippen molar-refractivity contribution >= 4 is 98.6 Å². The summed E-state index contributed by atoms with van der Waals surface area (Å²) in [6.07, 6.45) is -14.9. The molecule has 4 heterocycles. The van der Waals surface area contributed by atoms with Crippen LogP contribution in [0.2, 0.25) is 0 Å². The molecule has 7 nitrogen and oxygen atoms in total. The van der Waals surface area contributed by atoms with E-state index >= 15 is 13.2 Å². The first kappa shape index (κ1) is 65.6. The van der Waals surface area contributed by atoms with Crippen molar-refractivity contribution in [3.8, 4) is 51.1 Å². The van der Waals surface area contributed by atoms with Gasteiger partial charge in [-0.05, 0) is 184 Å². The third kappa shape index (κ3) is 10.7. The van der Waals surface area contributed by atoms with Gasteiger partial charge in [0.2, 0.25) is 0 Å². The van der Waals surface area contributed by atoms with Crippen molar-refractivity contribution in [2.45, 2.75) is 73.9 Å². The van der Waals surface area contributed by atoms with Gasteiger partial charge in [0.05, 0.1) is 108 Å². The fourth-order valence-corrected chi connectivity index (χ4v) is 14.9. The molecule has 0 radical (unpaired) electrons. The molecule has 0 fully saturated rings. The summed E-state index contributed by atoms with van der Waals surface area (Å²) >= 11 is 0. The van der Waals surface area contributed by atoms with Crippen LogP contribution in [0.15, 0.2) is 206 Å². The second-order valence-electron chi connectivity index (χ2n) is 26.5. The van der Waals surface area contributed by atoms with E-state index in [4.69, 9.17) is 13.1 Å². The Labute approximate surface area is 579 Å². The highest BCUT2D eigenvalue weighted by atomic mass is 19.4. The van der Waals surface area contributed by atoms with E-state index in [1.54, 1.807) is 16.7 Å². The van der Waals surface area contributed by atoms with Crippen LogP contribution in [0, 0.1) is 79.9 Å². The predicted octanol–water partition coefficient (Wildman–Crippen LogP) is 25.6. The van der Waals surface area contributed by atoms with Crippen molar-refractivity contribution < 1.29 is 39.5 Å². The molecule has 0 bridgehead atoms. The van der Waals surface area contributed by atoms with Crippen LogP contribution in [0.25, 0.3) is 142 Å². The first-order valence-corrected chi connectivity index (χ1v) is 32.7. The number of halogens is 9. The van der Waals surface area contributed by atoms with E-state index < -0.39 is 52.0 Å². The van der Waals surface area contributed by atoms with Gasteiger partial charge >= 0.3 is 18.5 Å². The number of hydrogen-bond donors (Lipinski definition) is 0. The number of alkyl halides is 9. The molecule has 4 aromatic heterocycles. The molecule has 16 heteroatoms. The van der Waals surface area contributed by atoms with Crippen LogP contribution in [-0.2, 0) is 18.5 Å². The van der Waals surface area contributed by atoms with Gasteiger partial charge in [-0.1, -0.05) is 133 Å². The second kappa shape index (κ2) is 24.0. The minimum Gasteiger partial charge on any atom is -0.307 e. The lowest BCUT2D eigenvalue weighted by molar-refractivity contribution is -0.139. The number of rotatable bonds is 6. The van der Waals surface area contributed by atoms with E-state index in [1.807, 2.05) is 133 Å². The molecule has 0 N–H and O–H groups in total. The van der Waals surface area contributed by atoms with Crippen molar-refractivity contribution in [3.05, 3.63) is 296 Å². The highest BCUT2D eigenvalue weighted by Crippen LogP contribution is 2.52. The molecule has 0 amide bonds. The average molecular weight is 1360 g/mol. The summed E-state index contributed by atoms with van der Waals surface area (Å²) in [4.78, 5) is 6.82. The van der Waals surface area contributed by atoms with Crippen LogP contribution in [0.1, 0.15) is 66.8 Å². The molecule has 0 saturated carbocycles. The Morgan fingerprint density at radius 2 is 0.529 bits per heavy atom. The highest BCUT2D eigenvalue weighted by molar-refractivity contribution is 6.14. The minimum atomic E-state index is -5.10. The monoisotopic (exact) mass is 1360 g/mol. The third-order valence-corrected chi connectivity index (χ3v) is 19.4. The topological polar surface area (TPSA) is 52.2 Å². The van der Waals surface area contributed by atoms with Gasteiger partial charge in [0.15, 0.2) is 11.4 Å². The molecular formula is C86H58F9N7. The standard InChI is InChI=1S/C43H29F6N3.C43H29F3N4/c1-23-9-13-27-28-14-10-24(2)18-36(28)51(35(27)17-23)39-21-31(41-32(42(44,45)46)7-6-8-34(41)50-5)33(43(47,48)49)22-40(39)52-37-19-25(3)11-15-29(37)30-16-12-26(4)20-38(30)52;1-24-9-13-29-30-14-10-25(2)18-37(30)49(36(29)17-24)40-21-28(23-47)33(42-34(43(44,45)46)7-6-8-35(42)48-5)22-41(40)50-38-19-26(3)11-15-31(38)32-16-12-27(4)20-39(32)50/h6-22H,1-4H3;6-22H,1-4H3. The molecule has 16 rings (SSSR count). The van der Waals surface area contributed by atoms with Gasteiger partial charge in [0.25, 0.3) is 0 Å². The summed E-state index contributed by atoms with van der Waals surface area (Å²) in [6, 6.07) is 62.4. The zero-order valence-electron chi connectivity index (χ0n) is 56.2. The number of aryl methyl sites for hydroxylation is 8. The highest BCUT2D eigenvalue weighted by Gasteiger charge is 2.42. The van der Waals surface area contributed by atoms with E-state index in [-0.39, 0.29) is 33.8 Å². The van der Waals surface area contributed by atoms with Crippen molar-refractivity contribution in [1.82, 2.24) is 18.3 Å². The van der Waals surface area contributed by atoms with Gasteiger partial charge < -0.3 is 18.3 Å². The van der Waals surface area contributed by atoms with E-state index in [1.165, 1.54) is 18.2 Å². The Morgan fingerprint density at radius 1 is 0.294 bits per heavy atom. The van der Waals surface area contributed by atoms with Gasteiger partial charge in [0.1, 0.15) is 0 Å². The Hall–Kier alpha value is -12.3. The molecule has 102 heavy (non-hydrogen) atoms. The maximum absolute atomic E-state index is 15.5. The second-order valence-corrected chi connectivity index (χ2v) is 26.5. The lowest BCUT2D eigenvalue weighted by Crippen LogP contribution is -2.14. The fraction of sp³-hybridized carbons (Fsp3) is 0.128. The summed E-state index contributed by atoms with van der Waals surface area (Å²) in [5.74, 6) is 0. The predicted molar refractivity (Wildman–Crippen MR) is 391 cm³/mol. The fourth-order valence-electron chi connectivity index (χ4n) is 14.9. The molecule has 16 aromatic rings. The molecule has 0 unspecified atom stereocenters. The number of nitriles is 1. The quantitative estimate of drug-likeness (QED) is 0.121. The summed E-state index contributed by atoms with van der Waals surface area (Å²) in [6.45, 7) is 31.3. The molecule has 0 aliphatic carbocycles. The van der Waals surface area contributed by atoms with Crippen LogP contribution in [-0.4, -0.2) is 18.3 Å². The summed E-state index contributed by atoms with van der Waals surface area (Å²) in [7, 11) is 0. The first-order valence-electron chi connectivity index (χ1n) is 32.7. The van der Waals surface area contributed by atoms with E-state index in [9.17, 15) is 31.6 Å². The van der Waals surface area contributed by atoms with E-state index in [0.717, 1.165) is 140 Å². The van der Waals surface area contributed by atoms with Gasteiger partial charge in [-0.15, -0.1) is 0 Å². The lowest BCUT2D eigenvalue weighted by atomic mass is 9.91. The maximum Gasteiger partial charge on any atom is 0.417 e. The van der Waals surface area contributed by atoms with Crippen molar-refractivity contribution in [1.29, 1.82) is 5.26 Å². The molecular weight excluding hydrogens is 1300 g/mol. The van der Waals surface area contributed by atoms with Crippen molar-refractivity contribution in [3.63, 3.8) is 0 Å². The Morgan fingerprint density at radius 3 is 0.775 bits per heavy atom. The number of aromatic nitrogens is 4. The number of nitrogens with zero attached hydrogens (tertiary/aromatic N) is 7. The average Bonchev–Trinajstić information content (AvgIpc) is 1.53. The largest absolute Gasteiger partial charge is 0.417 e. The van der Waals surface area contributed by atoms with E-state index in [2.05, 4.69) is 97.7 Å². The van der Waals surface area contributed by atoms with Gasteiger partial charge in [-0.2, -0.15) is 44.8 Å². The van der Waals surface area contributed by atoms with Crippen molar-refractivity contribution in [2.75, 3.05) is 0 Å². The lowest BCUT2D eigenvalue weighted by Gasteiger charge is -2.24. The molecule has 0 saturated heterocycles. The molecule has 0 atom stereocenters. The molecule has 12 aromatic carbocycles. The summed E-state index contributed by atoms with van der Waals surface area (Å²) in [5, 5.41) is 18.0. The third-order valence-electron chi connectivity index (χ3n) is 19.4. The smallest absolute Gasteiger partial charge is 0.307 e. The van der Waals surface area contributed by atoms with Crippen LogP contribution in [0.3, 0.4) is 0 Å². The van der Waals surface area contributed by atoms with Crippen LogP contribution in [0.5, 0.6) is 0 Å². The minimum absolute atomic E-state index is 0.0359. The SMILES string of the molecule is [C-]#[N+]c1cccc(C(F)(F)F)c1-c1cc(-n2c3cc(C)ccc3c3ccc(C)cc32)c(-n2c3cc(C)ccc3c3ccc(C)cc32)cc1C#N.[C-]#[N+]c1cccc(C(F)(F)F)c1-c1cc(-n2c3cc(C)ccc3c3ccc(C)cc32)c(-n2c3cc(C)ccc3c3ccc(C)cc32)cc1C(F)(F)F. The Kier molecular flexibility index (Phi) is 15.4. The zero-order chi connectivity index (χ0) is 71.9. The Bertz CT molecular complexity index is 6180. The summed E-state index contributed by atoms with van der Waals surface area (Å²) in [5.41, 5.74) is 9.46. The van der Waals surface area contributed by atoms with Gasteiger partial charge in [0, 0.05) is 54.2 Å². The molecule has 0 aliphatic rings. The summed E-state index contributed by atoms with van der Waals surface area (Å²) < 4.78 is 142.